The smallest absolute Gasteiger partial charge is 0.444 e. The van der Waals surface area contributed by atoms with Gasteiger partial charge in [-0.25, -0.2) is 9.86 Å². The average molecular weight is 424 g/mol. The van der Waals surface area contributed by atoms with Crippen LogP contribution in [0.2, 0.25) is 0 Å². The predicted octanol–water partition coefficient (Wildman–Crippen LogP) is 2.90. The minimum absolute atomic E-state index is 0.0857. The molecule has 1 heterocycles. The molecule has 0 bridgehead atoms. The molecule has 1 amide bonds. The third-order valence-electron chi connectivity index (χ3n) is 3.48. The zero-order valence-corrected chi connectivity index (χ0v) is 17.4. The molecule has 1 aliphatic heterocycles. The van der Waals surface area contributed by atoms with Gasteiger partial charge >= 0.3 is 18.4 Å². The van der Waals surface area contributed by atoms with Crippen molar-refractivity contribution in [3.05, 3.63) is 11.6 Å². The lowest BCUT2D eigenvalue weighted by Gasteiger charge is -2.41. The Morgan fingerprint density at radius 3 is 2.67 bits per heavy atom. The van der Waals surface area contributed by atoms with Crippen LogP contribution in [0, 0.1) is 0 Å². The van der Waals surface area contributed by atoms with Gasteiger partial charge in [0.1, 0.15) is 5.60 Å². The zero-order valence-electron chi connectivity index (χ0n) is 13.9. The van der Waals surface area contributed by atoms with Crippen LogP contribution in [0.4, 0.5) is 4.79 Å². The topological polar surface area (TPSA) is 42.0 Å². The van der Waals surface area contributed by atoms with Gasteiger partial charge in [-0.3, -0.25) is 4.90 Å². The minimum Gasteiger partial charge on any atom is -0.444 e. The summed E-state index contributed by atoms with van der Waals surface area (Å²) in [7, 11) is 1.93. The van der Waals surface area contributed by atoms with Crippen LogP contribution in [0.15, 0.2) is 11.6 Å². The quantitative estimate of drug-likeness (QED) is 0.301. The molecule has 1 rings (SSSR count). The van der Waals surface area contributed by atoms with E-state index in [2.05, 4.69) is 40.2 Å². The Hall–Kier alpha value is 0.192. The Bertz CT molecular complexity index is 398. The maximum absolute atomic E-state index is 12.5. The van der Waals surface area contributed by atoms with Crippen molar-refractivity contribution < 1.29 is 13.4 Å². The Morgan fingerprint density at radius 2 is 2.19 bits per heavy atom. The highest BCUT2D eigenvalue weighted by molar-refractivity contribution is 14.1. The van der Waals surface area contributed by atoms with Crippen molar-refractivity contribution in [2.24, 2.45) is 0 Å². The number of rotatable bonds is 4. The number of halogens is 1. The van der Waals surface area contributed by atoms with Gasteiger partial charge in [-0.1, -0.05) is 18.6 Å². The van der Waals surface area contributed by atoms with E-state index in [1.54, 1.807) is 0 Å². The van der Waals surface area contributed by atoms with Gasteiger partial charge in [0.2, 0.25) is 0 Å². The van der Waals surface area contributed by atoms with Crippen LogP contribution in [0.5, 0.6) is 0 Å². The normalized spacial score (nSPS) is 23.0. The first kappa shape index (κ1) is 19.2. The SMILES string of the molecule is CC[C@@H]1C(C)=C[C@@H](N(C)[O][AlH][I])CN1C(=O)OC(C)(C)C. The fraction of sp³-hybridized carbons (Fsp3) is 0.786. The summed E-state index contributed by atoms with van der Waals surface area (Å²) < 4.78 is 11.2. The summed E-state index contributed by atoms with van der Waals surface area (Å²) in [6, 6.07) is 0.198. The second kappa shape index (κ2) is 8.16. The molecule has 0 aromatic heterocycles. The molecule has 0 unspecified atom stereocenters. The molecule has 5 nitrogen and oxygen atoms in total. The van der Waals surface area contributed by atoms with Crippen molar-refractivity contribution in [1.29, 1.82) is 0 Å². The Kier molecular flexibility index (Phi) is 7.48. The lowest BCUT2D eigenvalue weighted by Crippen LogP contribution is -2.53. The highest BCUT2D eigenvalue weighted by Gasteiger charge is 2.34. The van der Waals surface area contributed by atoms with Gasteiger partial charge in [-0.05, 0) is 34.1 Å². The molecule has 0 aromatic rings. The molecule has 0 spiro atoms. The van der Waals surface area contributed by atoms with Gasteiger partial charge in [-0.15, -0.1) is 0 Å². The molecular weight excluding hydrogens is 398 g/mol. The molecular formula is C14H26AlIN2O3. The number of carbonyl (C=O) groups excluding carboxylic acids is 1. The monoisotopic (exact) mass is 424 g/mol. The number of hydrogen-bond donors (Lipinski definition) is 0. The first-order chi connectivity index (χ1) is 9.69. The molecule has 21 heavy (non-hydrogen) atoms. The first-order valence-electron chi connectivity index (χ1n) is 7.29. The number of hydrogen-bond acceptors (Lipinski definition) is 4. The molecule has 0 aliphatic carbocycles. The fourth-order valence-electron chi connectivity index (χ4n) is 2.50. The van der Waals surface area contributed by atoms with Crippen molar-refractivity contribution >= 4 is 38.6 Å². The number of hydroxylamine groups is 2. The summed E-state index contributed by atoms with van der Waals surface area (Å²) in [6.45, 7) is 10.5. The Morgan fingerprint density at radius 1 is 1.57 bits per heavy atom. The second-order valence-corrected chi connectivity index (χ2v) is 8.66. The largest absolute Gasteiger partial charge is 0.547 e. The van der Waals surface area contributed by atoms with E-state index >= 15 is 0 Å². The molecule has 0 saturated heterocycles. The average Bonchev–Trinajstić information content (AvgIpc) is 2.35. The molecule has 0 fully saturated rings. The summed E-state index contributed by atoms with van der Waals surface area (Å²) in [6.07, 6.45) is 2.85. The third-order valence-corrected chi connectivity index (χ3v) is 4.82. The van der Waals surface area contributed by atoms with E-state index in [1.807, 2.05) is 37.8 Å². The predicted molar refractivity (Wildman–Crippen MR) is 94.6 cm³/mol. The van der Waals surface area contributed by atoms with E-state index in [0.29, 0.717) is 6.54 Å². The zero-order chi connectivity index (χ0) is 16.2. The van der Waals surface area contributed by atoms with Crippen LogP contribution in [-0.4, -0.2) is 59.6 Å². The standard InChI is InChI=1S/C14H25N2O3.Al.HI.H/c1-7-12-10(2)8-11(15(6)18)9-16(12)13(17)19-14(3,4)5;;;/h8,11-12H,7,9H2,1-6H3;;1H;/q-1;+2;;/p-1/t11-,12-;;;/m1.../s1. The van der Waals surface area contributed by atoms with Gasteiger partial charge in [0, 0.05) is 13.6 Å². The summed E-state index contributed by atoms with van der Waals surface area (Å²) in [4.78, 5) is 14.3. The van der Waals surface area contributed by atoms with Crippen molar-refractivity contribution in [1.82, 2.24) is 9.96 Å². The second-order valence-electron chi connectivity index (χ2n) is 6.32. The third kappa shape index (κ3) is 5.72. The van der Waals surface area contributed by atoms with Crippen molar-refractivity contribution in [2.75, 3.05) is 13.6 Å². The van der Waals surface area contributed by atoms with Gasteiger partial charge < -0.3 is 8.63 Å². The maximum atomic E-state index is 12.5. The van der Waals surface area contributed by atoms with Crippen LogP contribution >= 0.6 is 20.3 Å². The van der Waals surface area contributed by atoms with Gasteiger partial charge in [0.05, 0.1) is 12.1 Å². The number of ether oxygens (including phenoxy) is 1. The molecule has 1 aliphatic rings. The molecule has 0 aromatic carbocycles. The van der Waals surface area contributed by atoms with E-state index < -0.39 is 17.9 Å². The van der Waals surface area contributed by atoms with Crippen LogP contribution in [0.25, 0.3) is 0 Å². The van der Waals surface area contributed by atoms with E-state index in [4.69, 9.17) is 8.63 Å². The van der Waals surface area contributed by atoms with E-state index in [9.17, 15) is 4.79 Å². The van der Waals surface area contributed by atoms with Crippen molar-refractivity contribution in [3.8, 4) is 0 Å². The summed E-state index contributed by atoms with van der Waals surface area (Å²) in [5.41, 5.74) is 0.725. The highest BCUT2D eigenvalue weighted by Crippen LogP contribution is 2.25. The lowest BCUT2D eigenvalue weighted by molar-refractivity contribution is -0.0656. The van der Waals surface area contributed by atoms with Crippen LogP contribution in [0.3, 0.4) is 0 Å². The molecule has 2 atom stereocenters. The van der Waals surface area contributed by atoms with E-state index in [-0.39, 0.29) is 18.2 Å². The van der Waals surface area contributed by atoms with Crippen LogP contribution in [-0.2, 0) is 8.63 Å². The van der Waals surface area contributed by atoms with Gasteiger partial charge in [-0.2, -0.15) is 20.3 Å². The summed E-state index contributed by atoms with van der Waals surface area (Å²) in [5, 5.41) is 1.87. The van der Waals surface area contributed by atoms with Crippen molar-refractivity contribution in [3.63, 3.8) is 0 Å². The maximum Gasteiger partial charge on any atom is 0.547 e. The molecule has 7 heteroatoms. The number of likely N-dealkylation sites (N-methyl/N-ethyl adjacent to an activating group) is 1. The van der Waals surface area contributed by atoms with Crippen LogP contribution in [0.1, 0.15) is 41.0 Å². The number of nitrogens with zero attached hydrogens (tertiary/aromatic N) is 2. The van der Waals surface area contributed by atoms with E-state index in [0.717, 1.165) is 6.42 Å². The van der Waals surface area contributed by atoms with Crippen LogP contribution < -0.4 is 0 Å². The molecule has 0 radical (unpaired) electrons. The van der Waals surface area contributed by atoms with Crippen molar-refractivity contribution in [2.45, 2.75) is 58.7 Å². The summed E-state index contributed by atoms with van der Waals surface area (Å²) in [5.74, 6) is 0. The lowest BCUT2D eigenvalue weighted by atomic mass is 9.97. The summed E-state index contributed by atoms with van der Waals surface area (Å²) >= 11 is 1.76. The molecule has 0 N–H and O–H groups in total. The van der Waals surface area contributed by atoms with E-state index in [1.165, 1.54) is 5.57 Å². The fourth-order valence-corrected chi connectivity index (χ4v) is 4.16. The van der Waals surface area contributed by atoms with Gasteiger partial charge in [0.15, 0.2) is 0 Å². The number of carbonyl (C=O) groups is 1. The number of amides is 1. The molecule has 0 saturated carbocycles. The van der Waals surface area contributed by atoms with Gasteiger partial charge in [0.25, 0.3) is 0 Å². The molecule has 120 valence electrons. The minimum atomic E-state index is -0.546. The highest BCUT2D eigenvalue weighted by atomic mass is 127. The first-order valence-corrected chi connectivity index (χ1v) is 13.0. The Balaban J connectivity index is 2.91. The Labute approximate surface area is 145 Å².